The van der Waals surface area contributed by atoms with Crippen LogP contribution in [0.25, 0.3) is 10.8 Å². The fraction of sp³-hybridized carbons (Fsp3) is 0.292. The number of amides is 2. The normalized spacial score (nSPS) is 14.8. The maximum absolute atomic E-state index is 12.6. The van der Waals surface area contributed by atoms with E-state index in [0.29, 0.717) is 0 Å². The number of carbonyl (C=O) groups excluding carboxylic acids is 1. The van der Waals surface area contributed by atoms with E-state index < -0.39 is 0 Å². The molecule has 5 heteroatoms. The molecule has 150 valence electrons. The number of fused-ring (bicyclic) bond motifs is 1. The molecule has 4 rings (SSSR count). The van der Waals surface area contributed by atoms with Crippen molar-refractivity contribution in [1.29, 1.82) is 0 Å². The van der Waals surface area contributed by atoms with Gasteiger partial charge < -0.3 is 20.4 Å². The number of benzene rings is 3. The molecular weight excluding hydrogens is 360 g/mol. The average molecular weight is 389 g/mol. The van der Waals surface area contributed by atoms with Gasteiger partial charge in [0.15, 0.2) is 0 Å². The Morgan fingerprint density at radius 1 is 0.897 bits per heavy atom. The monoisotopic (exact) mass is 388 g/mol. The van der Waals surface area contributed by atoms with Crippen LogP contribution in [0.3, 0.4) is 0 Å². The lowest BCUT2D eigenvalue weighted by molar-refractivity contribution is 0.262. The molecule has 2 amide bonds. The van der Waals surface area contributed by atoms with E-state index in [1.165, 1.54) is 5.69 Å². The van der Waals surface area contributed by atoms with E-state index in [2.05, 4.69) is 39.5 Å². The summed E-state index contributed by atoms with van der Waals surface area (Å²) >= 11 is 0. The third-order valence-electron chi connectivity index (χ3n) is 5.68. The Kier molecular flexibility index (Phi) is 5.67. The Morgan fingerprint density at radius 3 is 2.38 bits per heavy atom. The zero-order chi connectivity index (χ0) is 20.2. The van der Waals surface area contributed by atoms with Gasteiger partial charge in [-0.3, -0.25) is 0 Å². The summed E-state index contributed by atoms with van der Waals surface area (Å²) in [6, 6.07) is 20.0. The highest BCUT2D eigenvalue weighted by molar-refractivity contribution is 6.06. The molecule has 2 N–H and O–H groups in total. The molecule has 1 aliphatic rings. The van der Waals surface area contributed by atoms with Gasteiger partial charge in [-0.2, -0.15) is 0 Å². The van der Waals surface area contributed by atoms with Crippen molar-refractivity contribution in [3.05, 3.63) is 66.2 Å². The van der Waals surface area contributed by atoms with Gasteiger partial charge >= 0.3 is 6.03 Å². The Labute approximate surface area is 172 Å². The first-order chi connectivity index (χ1) is 14.1. The van der Waals surface area contributed by atoms with Gasteiger partial charge in [0, 0.05) is 42.9 Å². The maximum atomic E-state index is 12.6. The maximum Gasteiger partial charge on any atom is 0.323 e. The number of nitrogens with one attached hydrogen (secondary N) is 2. The molecule has 0 spiro atoms. The number of anilines is 3. The molecule has 0 saturated carbocycles. The Morgan fingerprint density at radius 2 is 1.62 bits per heavy atom. The third-order valence-corrected chi connectivity index (χ3v) is 5.68. The number of likely N-dealkylation sites (N-methyl/N-ethyl adjacent to an activating group) is 1. The van der Waals surface area contributed by atoms with Crippen LogP contribution in [-0.2, 0) is 0 Å². The van der Waals surface area contributed by atoms with Crippen LogP contribution in [0.5, 0.6) is 0 Å². The van der Waals surface area contributed by atoms with Crippen LogP contribution in [0.15, 0.2) is 60.7 Å². The minimum atomic E-state index is -0.228. The second-order valence-electron chi connectivity index (χ2n) is 7.53. The summed E-state index contributed by atoms with van der Waals surface area (Å²) in [5.41, 5.74) is 3.93. The second kappa shape index (κ2) is 8.53. The fourth-order valence-corrected chi connectivity index (χ4v) is 3.92. The van der Waals surface area contributed by atoms with Crippen LogP contribution in [0.1, 0.15) is 12.5 Å². The highest BCUT2D eigenvalue weighted by Crippen LogP contribution is 2.25. The van der Waals surface area contributed by atoms with Gasteiger partial charge in [0.2, 0.25) is 0 Å². The summed E-state index contributed by atoms with van der Waals surface area (Å²) in [7, 11) is 0. The van der Waals surface area contributed by atoms with Gasteiger partial charge in [0.25, 0.3) is 0 Å². The molecule has 5 nitrogen and oxygen atoms in total. The zero-order valence-electron chi connectivity index (χ0n) is 17.1. The number of piperazine rings is 1. The van der Waals surface area contributed by atoms with Crippen molar-refractivity contribution in [1.82, 2.24) is 4.90 Å². The molecule has 0 unspecified atom stereocenters. The predicted octanol–water partition coefficient (Wildman–Crippen LogP) is 4.93. The van der Waals surface area contributed by atoms with Gasteiger partial charge in [0.05, 0.1) is 5.69 Å². The molecule has 3 aromatic carbocycles. The summed E-state index contributed by atoms with van der Waals surface area (Å²) in [4.78, 5) is 17.5. The molecule has 1 heterocycles. The van der Waals surface area contributed by atoms with Crippen LogP contribution < -0.4 is 15.5 Å². The first-order valence-corrected chi connectivity index (χ1v) is 10.3. The Balaban J connectivity index is 1.43. The molecular formula is C24H28N4O. The number of hydrogen-bond acceptors (Lipinski definition) is 3. The zero-order valence-corrected chi connectivity index (χ0v) is 17.1. The minimum absolute atomic E-state index is 0.228. The van der Waals surface area contributed by atoms with Crippen LogP contribution in [-0.4, -0.2) is 43.7 Å². The average Bonchev–Trinajstić information content (AvgIpc) is 2.75. The van der Waals surface area contributed by atoms with E-state index in [9.17, 15) is 4.79 Å². The van der Waals surface area contributed by atoms with E-state index in [-0.39, 0.29) is 6.03 Å². The van der Waals surface area contributed by atoms with E-state index >= 15 is 0 Å². The van der Waals surface area contributed by atoms with Crippen molar-refractivity contribution in [3.8, 4) is 0 Å². The predicted molar refractivity (Wildman–Crippen MR) is 122 cm³/mol. The molecule has 0 aliphatic carbocycles. The first kappa shape index (κ1) is 19.3. The lowest BCUT2D eigenvalue weighted by Crippen LogP contribution is -2.46. The van der Waals surface area contributed by atoms with E-state index in [0.717, 1.165) is 60.4 Å². The van der Waals surface area contributed by atoms with Crippen LogP contribution in [0.4, 0.5) is 21.9 Å². The molecule has 29 heavy (non-hydrogen) atoms. The number of nitrogens with zero attached hydrogens (tertiary/aromatic N) is 2. The molecule has 0 bridgehead atoms. The number of hydrogen-bond donors (Lipinski definition) is 2. The summed E-state index contributed by atoms with van der Waals surface area (Å²) in [5, 5.41) is 8.11. The van der Waals surface area contributed by atoms with Crippen molar-refractivity contribution < 1.29 is 4.79 Å². The SMILES string of the molecule is CCN1CCN(c2ccc(NC(=O)Nc3cccc4ccccc34)c(C)c2)CC1. The van der Waals surface area contributed by atoms with Gasteiger partial charge in [0.1, 0.15) is 0 Å². The number of aryl methyl sites for hydroxylation is 1. The smallest absolute Gasteiger partial charge is 0.323 e. The third kappa shape index (κ3) is 4.35. The standard InChI is InChI=1S/C24H28N4O/c1-3-27-13-15-28(16-14-27)20-11-12-22(18(2)17-20)25-24(29)26-23-10-6-8-19-7-4-5-9-21(19)23/h4-12,17H,3,13-16H2,1-2H3,(H2,25,26,29). The van der Waals surface area contributed by atoms with Gasteiger partial charge in [-0.15, -0.1) is 0 Å². The van der Waals surface area contributed by atoms with Crippen LogP contribution in [0, 0.1) is 6.92 Å². The van der Waals surface area contributed by atoms with Crippen molar-refractivity contribution in [3.63, 3.8) is 0 Å². The minimum Gasteiger partial charge on any atom is -0.369 e. The number of carbonyl (C=O) groups is 1. The van der Waals surface area contributed by atoms with E-state index in [4.69, 9.17) is 0 Å². The Hall–Kier alpha value is -3.05. The number of rotatable bonds is 4. The molecule has 3 aromatic rings. The number of urea groups is 1. The fourth-order valence-electron chi connectivity index (χ4n) is 3.92. The second-order valence-corrected chi connectivity index (χ2v) is 7.53. The largest absolute Gasteiger partial charge is 0.369 e. The topological polar surface area (TPSA) is 47.6 Å². The van der Waals surface area contributed by atoms with Gasteiger partial charge in [-0.05, 0) is 48.7 Å². The molecule has 1 aliphatic heterocycles. The van der Waals surface area contributed by atoms with Crippen molar-refractivity contribution in [2.75, 3.05) is 48.3 Å². The van der Waals surface area contributed by atoms with Gasteiger partial charge in [-0.1, -0.05) is 43.3 Å². The first-order valence-electron chi connectivity index (χ1n) is 10.3. The molecule has 0 radical (unpaired) electrons. The van der Waals surface area contributed by atoms with E-state index in [1.807, 2.05) is 55.5 Å². The van der Waals surface area contributed by atoms with Gasteiger partial charge in [-0.25, -0.2) is 4.79 Å². The molecule has 1 saturated heterocycles. The summed E-state index contributed by atoms with van der Waals surface area (Å²) in [6.45, 7) is 9.65. The quantitative estimate of drug-likeness (QED) is 0.666. The Bertz CT molecular complexity index is 1000. The van der Waals surface area contributed by atoms with E-state index in [1.54, 1.807) is 0 Å². The lowest BCUT2D eigenvalue weighted by Gasteiger charge is -2.35. The summed E-state index contributed by atoms with van der Waals surface area (Å²) in [5.74, 6) is 0. The molecule has 1 fully saturated rings. The van der Waals surface area contributed by atoms with Crippen LogP contribution >= 0.6 is 0 Å². The molecule has 0 atom stereocenters. The van der Waals surface area contributed by atoms with Crippen molar-refractivity contribution in [2.45, 2.75) is 13.8 Å². The van der Waals surface area contributed by atoms with Crippen molar-refractivity contribution >= 4 is 33.9 Å². The molecule has 0 aromatic heterocycles. The summed E-state index contributed by atoms with van der Waals surface area (Å²) in [6.07, 6.45) is 0. The van der Waals surface area contributed by atoms with Crippen LogP contribution in [0.2, 0.25) is 0 Å². The van der Waals surface area contributed by atoms with Crippen molar-refractivity contribution in [2.24, 2.45) is 0 Å². The summed E-state index contributed by atoms with van der Waals surface area (Å²) < 4.78 is 0. The lowest BCUT2D eigenvalue weighted by atomic mass is 10.1. The highest BCUT2D eigenvalue weighted by Gasteiger charge is 2.16. The highest BCUT2D eigenvalue weighted by atomic mass is 16.2.